The first-order valence-electron chi connectivity index (χ1n) is 8.47. The van der Waals surface area contributed by atoms with Crippen LogP contribution in [0.15, 0.2) is 27.8 Å². The van der Waals surface area contributed by atoms with E-state index in [1.807, 2.05) is 12.1 Å². The van der Waals surface area contributed by atoms with Gasteiger partial charge in [0, 0.05) is 19.7 Å². The van der Waals surface area contributed by atoms with Gasteiger partial charge < -0.3 is 19.8 Å². The second-order valence-electron chi connectivity index (χ2n) is 5.47. The number of likely N-dealkylation sites (N-methyl/N-ethyl adjacent to an activating group) is 1. The van der Waals surface area contributed by atoms with Crippen LogP contribution in [0.4, 0.5) is 0 Å². The third kappa shape index (κ3) is 6.62. The quantitative estimate of drug-likeness (QED) is 0.510. The van der Waals surface area contributed by atoms with Gasteiger partial charge in [-0.2, -0.15) is 0 Å². The van der Waals surface area contributed by atoms with Gasteiger partial charge >= 0.3 is 0 Å². The highest BCUT2D eigenvalue weighted by Crippen LogP contribution is 2.21. The Hall–Kier alpha value is -1.53. The van der Waals surface area contributed by atoms with Crippen molar-refractivity contribution in [3.05, 3.63) is 24.2 Å². The maximum Gasteiger partial charge on any atom is 0.191 e. The molecular weight excluding hydrogens is 292 g/mol. The standard InChI is InChI=1S/C17H32N4O2/c1-6-18-17(20-14(4)13-22-5)19-12-15(21(7-2)8-3)16-10-9-11-23-16/h9-11,14-15H,6-8,12-13H2,1-5H3,(H2,18,19,20). The molecule has 0 saturated carbocycles. The summed E-state index contributed by atoms with van der Waals surface area (Å²) in [5.41, 5.74) is 0. The fourth-order valence-corrected chi connectivity index (χ4v) is 2.55. The minimum atomic E-state index is 0.146. The Bertz CT molecular complexity index is 430. The van der Waals surface area contributed by atoms with Gasteiger partial charge in [-0.3, -0.25) is 9.89 Å². The summed E-state index contributed by atoms with van der Waals surface area (Å²) in [6, 6.07) is 4.30. The highest BCUT2D eigenvalue weighted by molar-refractivity contribution is 5.80. The number of rotatable bonds is 10. The van der Waals surface area contributed by atoms with E-state index in [0.29, 0.717) is 13.2 Å². The summed E-state index contributed by atoms with van der Waals surface area (Å²) in [4.78, 5) is 7.10. The van der Waals surface area contributed by atoms with Gasteiger partial charge in [0.2, 0.25) is 0 Å². The van der Waals surface area contributed by atoms with E-state index in [4.69, 9.17) is 14.1 Å². The van der Waals surface area contributed by atoms with E-state index >= 15 is 0 Å². The largest absolute Gasteiger partial charge is 0.468 e. The molecule has 6 nitrogen and oxygen atoms in total. The maximum absolute atomic E-state index is 5.62. The van der Waals surface area contributed by atoms with E-state index in [9.17, 15) is 0 Å². The molecule has 0 aliphatic heterocycles. The Labute approximate surface area is 140 Å². The van der Waals surface area contributed by atoms with Crippen LogP contribution in [0.2, 0.25) is 0 Å². The monoisotopic (exact) mass is 324 g/mol. The predicted molar refractivity (Wildman–Crippen MR) is 94.8 cm³/mol. The zero-order valence-electron chi connectivity index (χ0n) is 15.1. The lowest BCUT2D eigenvalue weighted by Gasteiger charge is -2.27. The summed E-state index contributed by atoms with van der Waals surface area (Å²) >= 11 is 0. The number of nitrogens with one attached hydrogen (secondary N) is 2. The van der Waals surface area contributed by atoms with E-state index in [1.54, 1.807) is 13.4 Å². The summed E-state index contributed by atoms with van der Waals surface area (Å²) < 4.78 is 10.8. The molecule has 0 spiro atoms. The summed E-state index contributed by atoms with van der Waals surface area (Å²) in [5, 5.41) is 6.64. The Morgan fingerprint density at radius 1 is 1.35 bits per heavy atom. The van der Waals surface area contributed by atoms with Crippen LogP contribution in [-0.2, 0) is 4.74 Å². The molecule has 2 N–H and O–H groups in total. The Balaban J connectivity index is 2.82. The fourth-order valence-electron chi connectivity index (χ4n) is 2.55. The van der Waals surface area contributed by atoms with Crippen molar-refractivity contribution in [1.29, 1.82) is 0 Å². The highest BCUT2D eigenvalue weighted by Gasteiger charge is 2.20. The van der Waals surface area contributed by atoms with Crippen LogP contribution in [0.1, 0.15) is 39.5 Å². The second-order valence-corrected chi connectivity index (χ2v) is 5.47. The predicted octanol–water partition coefficient (Wildman–Crippen LogP) is 2.25. The van der Waals surface area contributed by atoms with Crippen molar-refractivity contribution in [1.82, 2.24) is 15.5 Å². The summed E-state index contributed by atoms with van der Waals surface area (Å²) in [7, 11) is 1.70. The van der Waals surface area contributed by atoms with Gasteiger partial charge in [-0.05, 0) is 39.1 Å². The van der Waals surface area contributed by atoms with E-state index in [0.717, 1.165) is 31.4 Å². The summed E-state index contributed by atoms with van der Waals surface area (Å²) in [6.07, 6.45) is 1.72. The average Bonchev–Trinajstić information content (AvgIpc) is 3.05. The number of ether oxygens (including phenoxy) is 1. The lowest BCUT2D eigenvalue weighted by molar-refractivity contribution is 0.178. The van der Waals surface area contributed by atoms with E-state index < -0.39 is 0 Å². The van der Waals surface area contributed by atoms with Gasteiger partial charge in [-0.15, -0.1) is 0 Å². The molecule has 0 radical (unpaired) electrons. The molecule has 6 heteroatoms. The SMILES string of the molecule is CCNC(=NCC(c1ccco1)N(CC)CC)NC(C)COC. The van der Waals surface area contributed by atoms with Crippen LogP contribution in [0.5, 0.6) is 0 Å². The lowest BCUT2D eigenvalue weighted by Crippen LogP contribution is -2.44. The zero-order chi connectivity index (χ0) is 17.1. The van der Waals surface area contributed by atoms with Crippen molar-refractivity contribution in [2.45, 2.75) is 39.8 Å². The molecule has 0 saturated heterocycles. The molecule has 0 fully saturated rings. The molecule has 1 aromatic rings. The van der Waals surface area contributed by atoms with Crippen molar-refractivity contribution >= 4 is 5.96 Å². The van der Waals surface area contributed by atoms with Gasteiger partial charge in [0.1, 0.15) is 5.76 Å². The number of nitrogens with zero attached hydrogens (tertiary/aromatic N) is 2. The van der Waals surface area contributed by atoms with Crippen LogP contribution in [0.25, 0.3) is 0 Å². The lowest BCUT2D eigenvalue weighted by atomic mass is 10.2. The molecule has 1 aromatic heterocycles. The van der Waals surface area contributed by atoms with Crippen molar-refractivity contribution in [2.75, 3.05) is 39.9 Å². The van der Waals surface area contributed by atoms with Gasteiger partial charge in [-0.25, -0.2) is 0 Å². The highest BCUT2D eigenvalue weighted by atomic mass is 16.5. The first kappa shape index (κ1) is 19.5. The minimum Gasteiger partial charge on any atom is -0.468 e. The van der Waals surface area contributed by atoms with Gasteiger partial charge in [0.05, 0.1) is 25.5 Å². The number of hydrogen-bond acceptors (Lipinski definition) is 4. The summed E-state index contributed by atoms with van der Waals surface area (Å²) in [6.45, 7) is 12.5. The average molecular weight is 324 g/mol. The topological polar surface area (TPSA) is 62.0 Å². The summed E-state index contributed by atoms with van der Waals surface area (Å²) in [5.74, 6) is 1.76. The number of aliphatic imine (C=N–C) groups is 1. The van der Waals surface area contributed by atoms with Crippen molar-refractivity contribution in [2.24, 2.45) is 4.99 Å². The van der Waals surface area contributed by atoms with Crippen LogP contribution in [-0.4, -0.2) is 56.8 Å². The second kappa shape index (κ2) is 11.1. The van der Waals surface area contributed by atoms with E-state index in [2.05, 4.69) is 43.2 Å². The van der Waals surface area contributed by atoms with Crippen molar-refractivity contribution in [3.63, 3.8) is 0 Å². The molecular formula is C17H32N4O2. The van der Waals surface area contributed by atoms with Gasteiger partial charge in [-0.1, -0.05) is 13.8 Å². The molecule has 2 atom stereocenters. The third-order valence-electron chi connectivity index (χ3n) is 3.69. The minimum absolute atomic E-state index is 0.146. The van der Waals surface area contributed by atoms with Crippen molar-refractivity contribution in [3.8, 4) is 0 Å². The fraction of sp³-hybridized carbons (Fsp3) is 0.706. The smallest absolute Gasteiger partial charge is 0.191 e. The van der Waals surface area contributed by atoms with Crippen LogP contribution in [0, 0.1) is 0 Å². The number of methoxy groups -OCH3 is 1. The number of guanidine groups is 1. The Morgan fingerprint density at radius 3 is 2.61 bits per heavy atom. The first-order chi connectivity index (χ1) is 11.2. The molecule has 23 heavy (non-hydrogen) atoms. The van der Waals surface area contributed by atoms with Gasteiger partial charge in [0.15, 0.2) is 5.96 Å². The molecule has 1 rings (SSSR count). The molecule has 2 unspecified atom stereocenters. The van der Waals surface area contributed by atoms with Crippen LogP contribution < -0.4 is 10.6 Å². The molecule has 132 valence electrons. The van der Waals surface area contributed by atoms with E-state index in [1.165, 1.54) is 0 Å². The normalized spacial score (nSPS) is 14.8. The molecule has 0 aliphatic rings. The maximum atomic E-state index is 5.62. The molecule has 0 bridgehead atoms. The zero-order valence-corrected chi connectivity index (χ0v) is 15.1. The van der Waals surface area contributed by atoms with Gasteiger partial charge in [0.25, 0.3) is 0 Å². The van der Waals surface area contributed by atoms with Crippen LogP contribution >= 0.6 is 0 Å². The molecule has 1 heterocycles. The molecule has 0 aliphatic carbocycles. The first-order valence-corrected chi connectivity index (χ1v) is 8.47. The van der Waals surface area contributed by atoms with E-state index in [-0.39, 0.29) is 12.1 Å². The van der Waals surface area contributed by atoms with Crippen LogP contribution in [0.3, 0.4) is 0 Å². The number of hydrogen-bond donors (Lipinski definition) is 2. The molecule has 0 amide bonds. The Morgan fingerprint density at radius 2 is 2.09 bits per heavy atom. The number of furan rings is 1. The third-order valence-corrected chi connectivity index (χ3v) is 3.69. The van der Waals surface area contributed by atoms with Crippen molar-refractivity contribution < 1.29 is 9.15 Å². The Kier molecular flexibility index (Phi) is 9.40. The molecule has 0 aromatic carbocycles.